The molecule has 1 aromatic carbocycles. The van der Waals surface area contributed by atoms with Gasteiger partial charge in [-0.1, -0.05) is 23.7 Å². The molecule has 1 unspecified atom stereocenters. The standard InChI is InChI=1S/C21H20F3N3O2.C7H2ClF3N2.C7H3F3N2/c1-12-4-3-5-13(8-12)27(2)20(29)16-10-14(28)9-15(16)19-17(11-25)18(6-7-26-19)21(22,23)24;8-6-4(3-12)5(1-2-13-6)7(9,10)11;8-7(9,10)6-1-2-12-4-5(6)3-11/h3-8,14-16,28H,9-10H2,1-2H3;1-2H;1-2,4H/t14-,15?,16-;;/m1../s1. The normalized spacial score (nSPS) is 16.7. The topological polar surface area (TPSA) is 151 Å². The van der Waals surface area contributed by atoms with Gasteiger partial charge in [-0.15, -0.1) is 0 Å². The number of aromatic nitrogens is 3. The number of aliphatic hydroxyl groups excluding tert-OH is 1. The van der Waals surface area contributed by atoms with Gasteiger partial charge in [-0.05, 0) is 55.7 Å². The van der Waals surface area contributed by atoms with Gasteiger partial charge >= 0.3 is 18.5 Å². The van der Waals surface area contributed by atoms with E-state index in [9.17, 15) is 54.7 Å². The molecule has 0 saturated heterocycles. The zero-order chi connectivity index (χ0) is 40.6. The number of aliphatic hydroxyl groups is 1. The van der Waals surface area contributed by atoms with Crippen molar-refractivity contribution in [3.63, 3.8) is 0 Å². The first-order valence-electron chi connectivity index (χ1n) is 15.2. The van der Waals surface area contributed by atoms with Crippen LogP contribution in [-0.4, -0.2) is 39.1 Å². The number of hydrogen-bond acceptors (Lipinski definition) is 8. The maximum atomic E-state index is 13.3. The molecule has 4 aromatic rings. The average molecular weight is 782 g/mol. The van der Waals surface area contributed by atoms with Crippen LogP contribution in [0.5, 0.6) is 0 Å². The van der Waals surface area contributed by atoms with E-state index in [1.165, 1.54) is 17.0 Å². The summed E-state index contributed by atoms with van der Waals surface area (Å²) in [4.78, 5) is 25.4. The Labute approximate surface area is 306 Å². The third-order valence-corrected chi connectivity index (χ3v) is 8.18. The number of alkyl halides is 9. The smallest absolute Gasteiger partial charge is 0.393 e. The van der Waals surface area contributed by atoms with Crippen molar-refractivity contribution in [2.45, 2.75) is 50.3 Å². The Morgan fingerprint density at radius 1 is 0.815 bits per heavy atom. The van der Waals surface area contributed by atoms with E-state index < -0.39 is 75.0 Å². The number of hydrogen-bond donors (Lipinski definition) is 1. The first-order valence-corrected chi connectivity index (χ1v) is 15.5. The summed E-state index contributed by atoms with van der Waals surface area (Å²) < 4.78 is 113. The second kappa shape index (κ2) is 17.4. The van der Waals surface area contributed by atoms with Crippen molar-refractivity contribution in [3.8, 4) is 18.2 Å². The highest BCUT2D eigenvalue weighted by Gasteiger charge is 2.44. The number of carbonyl (C=O) groups is 1. The summed E-state index contributed by atoms with van der Waals surface area (Å²) in [7, 11) is 1.59. The third kappa shape index (κ3) is 10.4. The maximum Gasteiger partial charge on any atom is 0.417 e. The molecule has 5 rings (SSSR count). The fraction of sp³-hybridized carbons (Fsp3) is 0.286. The summed E-state index contributed by atoms with van der Waals surface area (Å²) in [6, 6.07) is 13.9. The van der Waals surface area contributed by atoms with Crippen LogP contribution in [-0.2, 0) is 23.3 Å². The largest absolute Gasteiger partial charge is 0.417 e. The first kappa shape index (κ1) is 42.6. The summed E-state index contributed by atoms with van der Waals surface area (Å²) in [5, 5.41) is 35.8. The van der Waals surface area contributed by atoms with Gasteiger partial charge in [0.05, 0.1) is 39.6 Å². The summed E-state index contributed by atoms with van der Waals surface area (Å²) in [6.45, 7) is 1.88. The molecule has 1 saturated carbocycles. The minimum atomic E-state index is -4.71. The van der Waals surface area contributed by atoms with Crippen LogP contribution in [0.4, 0.5) is 45.2 Å². The second-order valence-corrected chi connectivity index (χ2v) is 11.8. The van der Waals surface area contributed by atoms with E-state index >= 15 is 0 Å². The van der Waals surface area contributed by atoms with Gasteiger partial charge in [0.15, 0.2) is 0 Å². The number of aryl methyl sites for hydroxylation is 1. The molecule has 1 aliphatic carbocycles. The van der Waals surface area contributed by atoms with Crippen molar-refractivity contribution < 1.29 is 49.4 Å². The van der Waals surface area contributed by atoms with E-state index in [1.54, 1.807) is 25.2 Å². The van der Waals surface area contributed by atoms with Crippen molar-refractivity contribution >= 4 is 23.2 Å². The quantitative estimate of drug-likeness (QED) is 0.161. The maximum absolute atomic E-state index is 13.3. The lowest BCUT2D eigenvalue weighted by atomic mass is 9.87. The molecule has 9 nitrogen and oxygen atoms in total. The number of amides is 1. The number of benzene rings is 1. The SMILES string of the molecule is Cc1cccc(N(C)C(=O)[C@@H]2C[C@H](O)CC2c2nccc(C(F)(F)F)c2C#N)c1.N#Cc1c(C(F)(F)F)ccnc1Cl.N#Cc1cnccc1C(F)(F)F. The number of rotatable bonds is 3. The number of anilines is 1. The molecule has 0 radical (unpaired) electrons. The monoisotopic (exact) mass is 781 g/mol. The van der Waals surface area contributed by atoms with Gasteiger partial charge in [-0.25, -0.2) is 4.98 Å². The molecule has 3 aromatic heterocycles. The molecule has 0 bridgehead atoms. The number of nitrogens with zero attached hydrogens (tertiary/aromatic N) is 7. The number of carbonyl (C=O) groups excluding carboxylic acids is 1. The molecule has 1 aliphatic rings. The molecule has 0 aliphatic heterocycles. The zero-order valence-corrected chi connectivity index (χ0v) is 28.5. The molecule has 1 amide bonds. The summed E-state index contributed by atoms with van der Waals surface area (Å²) in [5.41, 5.74) is -3.25. The highest BCUT2D eigenvalue weighted by molar-refractivity contribution is 6.30. The van der Waals surface area contributed by atoms with Gasteiger partial charge in [0.2, 0.25) is 5.91 Å². The molecule has 54 heavy (non-hydrogen) atoms. The molecular weight excluding hydrogens is 757 g/mol. The Hall–Kier alpha value is -5.77. The van der Waals surface area contributed by atoms with Crippen LogP contribution in [0.25, 0.3) is 0 Å². The van der Waals surface area contributed by atoms with E-state index in [2.05, 4.69) is 15.0 Å². The number of pyridine rings is 3. The number of nitriles is 3. The van der Waals surface area contributed by atoms with Gasteiger partial charge in [-0.2, -0.15) is 55.3 Å². The first-order chi connectivity index (χ1) is 25.1. The minimum absolute atomic E-state index is 0.0705. The van der Waals surface area contributed by atoms with Crippen molar-refractivity contribution in [1.82, 2.24) is 15.0 Å². The van der Waals surface area contributed by atoms with Crippen LogP contribution in [0.2, 0.25) is 5.15 Å². The van der Waals surface area contributed by atoms with Crippen molar-refractivity contribution in [2.75, 3.05) is 11.9 Å². The van der Waals surface area contributed by atoms with E-state index in [1.807, 2.05) is 19.1 Å². The van der Waals surface area contributed by atoms with Crippen LogP contribution >= 0.6 is 11.6 Å². The zero-order valence-electron chi connectivity index (χ0n) is 27.8. The van der Waals surface area contributed by atoms with Crippen molar-refractivity contribution in [1.29, 1.82) is 15.8 Å². The fourth-order valence-electron chi connectivity index (χ4n) is 5.42. The van der Waals surface area contributed by atoms with E-state index in [0.29, 0.717) is 11.8 Å². The fourth-order valence-corrected chi connectivity index (χ4v) is 5.62. The molecule has 282 valence electrons. The third-order valence-electron chi connectivity index (χ3n) is 7.89. The average Bonchev–Trinajstić information content (AvgIpc) is 3.51. The highest BCUT2D eigenvalue weighted by atomic mass is 35.5. The Bertz CT molecular complexity index is 2100. The molecule has 3 atom stereocenters. The predicted octanol–water partition coefficient (Wildman–Crippen LogP) is 8.40. The molecule has 19 heteroatoms. The Kier molecular flexibility index (Phi) is 13.7. The van der Waals surface area contributed by atoms with Crippen LogP contribution in [0.3, 0.4) is 0 Å². The van der Waals surface area contributed by atoms with Crippen LogP contribution < -0.4 is 4.90 Å². The lowest BCUT2D eigenvalue weighted by Crippen LogP contribution is -2.34. The van der Waals surface area contributed by atoms with E-state index in [-0.39, 0.29) is 24.4 Å². The molecule has 1 fully saturated rings. The molecule has 3 heterocycles. The lowest BCUT2D eigenvalue weighted by Gasteiger charge is -2.26. The van der Waals surface area contributed by atoms with Gasteiger partial charge in [0.1, 0.15) is 28.9 Å². The molecular formula is C35H25ClF9N7O2. The van der Waals surface area contributed by atoms with Crippen LogP contribution in [0, 0.1) is 46.8 Å². The van der Waals surface area contributed by atoms with Crippen molar-refractivity contribution in [2.24, 2.45) is 5.92 Å². The Morgan fingerprint density at radius 3 is 1.87 bits per heavy atom. The summed E-state index contributed by atoms with van der Waals surface area (Å²) in [6.07, 6.45) is -10.6. The minimum Gasteiger partial charge on any atom is -0.393 e. The van der Waals surface area contributed by atoms with Crippen LogP contribution in [0.15, 0.2) is 67.3 Å². The van der Waals surface area contributed by atoms with E-state index in [4.69, 9.17) is 22.1 Å². The van der Waals surface area contributed by atoms with Gasteiger partial charge < -0.3 is 10.0 Å². The second-order valence-electron chi connectivity index (χ2n) is 11.5. The Morgan fingerprint density at radius 2 is 1.37 bits per heavy atom. The molecule has 1 N–H and O–H groups in total. The van der Waals surface area contributed by atoms with Crippen LogP contribution in [0.1, 0.15) is 63.4 Å². The number of halogens is 10. The van der Waals surface area contributed by atoms with Gasteiger partial charge in [0, 0.05) is 49.4 Å². The predicted molar refractivity (Wildman–Crippen MR) is 173 cm³/mol. The van der Waals surface area contributed by atoms with Crippen molar-refractivity contribution in [3.05, 3.63) is 117 Å². The highest BCUT2D eigenvalue weighted by Crippen LogP contribution is 2.44. The van der Waals surface area contributed by atoms with E-state index in [0.717, 1.165) is 42.5 Å². The lowest BCUT2D eigenvalue weighted by molar-refractivity contribution is -0.138. The summed E-state index contributed by atoms with van der Waals surface area (Å²) >= 11 is 5.30. The van der Waals surface area contributed by atoms with Gasteiger partial charge in [0.25, 0.3) is 0 Å². The summed E-state index contributed by atoms with van der Waals surface area (Å²) in [5.74, 6) is -1.89. The Balaban J connectivity index is 0.000000258. The molecule has 0 spiro atoms. The van der Waals surface area contributed by atoms with Gasteiger partial charge in [-0.3, -0.25) is 14.8 Å².